The van der Waals surface area contributed by atoms with Crippen molar-refractivity contribution in [1.29, 1.82) is 0 Å². The number of imide groups is 1. The lowest BCUT2D eigenvalue weighted by Gasteiger charge is -2.19. The molecular weight excluding hydrogens is 389 g/mol. The van der Waals surface area contributed by atoms with Gasteiger partial charge in [0.1, 0.15) is 12.4 Å². The first-order valence-electron chi connectivity index (χ1n) is 9.02. The Morgan fingerprint density at radius 3 is 2.41 bits per heavy atom. The van der Waals surface area contributed by atoms with Crippen LogP contribution in [0.4, 0.5) is 15.8 Å². The van der Waals surface area contributed by atoms with E-state index in [9.17, 15) is 33.7 Å². The van der Waals surface area contributed by atoms with Gasteiger partial charge in [0.25, 0.3) is 11.6 Å². The molecule has 1 aromatic rings. The Kier molecular flexibility index (Phi) is 5.85. The van der Waals surface area contributed by atoms with Crippen molar-refractivity contribution in [2.24, 2.45) is 11.8 Å². The number of rotatable bonds is 6. The predicted octanol–water partition coefficient (Wildman–Crippen LogP) is 1.39. The molecule has 29 heavy (non-hydrogen) atoms. The summed E-state index contributed by atoms with van der Waals surface area (Å²) in [6, 6.07) is 2.59. The van der Waals surface area contributed by atoms with Gasteiger partial charge in [0.2, 0.25) is 11.8 Å². The SMILES string of the molecule is O=C(COC(=O)CN1C(=O)[C@H]2CCCC[C@H]2C1=O)Nc1cc([N+](=O)[O-])ccc1F. The second-order valence-electron chi connectivity index (χ2n) is 6.89. The van der Waals surface area contributed by atoms with Gasteiger partial charge >= 0.3 is 5.97 Å². The quantitative estimate of drug-likeness (QED) is 0.326. The highest BCUT2D eigenvalue weighted by atomic mass is 19.1. The van der Waals surface area contributed by atoms with Crippen LogP contribution in [-0.2, 0) is 23.9 Å². The summed E-state index contributed by atoms with van der Waals surface area (Å²) in [5.74, 6) is -4.38. The van der Waals surface area contributed by atoms with Crippen molar-refractivity contribution < 1.29 is 33.2 Å². The maximum Gasteiger partial charge on any atom is 0.326 e. The summed E-state index contributed by atoms with van der Waals surface area (Å²) < 4.78 is 18.4. The average Bonchev–Trinajstić information content (AvgIpc) is 2.93. The number of nitrogens with zero attached hydrogens (tertiary/aromatic N) is 2. The van der Waals surface area contributed by atoms with Gasteiger partial charge in [0.05, 0.1) is 22.4 Å². The average molecular weight is 407 g/mol. The maximum atomic E-state index is 13.7. The minimum Gasteiger partial charge on any atom is -0.454 e. The number of non-ortho nitro benzene ring substituents is 1. The van der Waals surface area contributed by atoms with Crippen molar-refractivity contribution in [2.75, 3.05) is 18.5 Å². The van der Waals surface area contributed by atoms with Crippen LogP contribution in [0.25, 0.3) is 0 Å². The highest BCUT2D eigenvalue weighted by molar-refractivity contribution is 6.07. The second-order valence-corrected chi connectivity index (χ2v) is 6.89. The molecule has 1 saturated carbocycles. The summed E-state index contributed by atoms with van der Waals surface area (Å²) in [4.78, 5) is 59.2. The molecule has 10 nitrogen and oxygen atoms in total. The van der Waals surface area contributed by atoms with Gasteiger partial charge in [-0.2, -0.15) is 0 Å². The van der Waals surface area contributed by atoms with Crippen LogP contribution >= 0.6 is 0 Å². The van der Waals surface area contributed by atoms with Gasteiger partial charge in [0, 0.05) is 12.1 Å². The number of nitro groups is 1. The zero-order chi connectivity index (χ0) is 21.1. The molecular formula is C18H18FN3O7. The van der Waals surface area contributed by atoms with E-state index in [0.29, 0.717) is 12.8 Å². The van der Waals surface area contributed by atoms with Gasteiger partial charge in [0.15, 0.2) is 6.61 Å². The van der Waals surface area contributed by atoms with Gasteiger partial charge in [-0.15, -0.1) is 0 Å². The Hall–Kier alpha value is -3.37. The van der Waals surface area contributed by atoms with E-state index < -0.39 is 70.8 Å². The summed E-state index contributed by atoms with van der Waals surface area (Å²) in [6.45, 7) is -1.40. The zero-order valence-electron chi connectivity index (χ0n) is 15.3. The number of fused-ring (bicyclic) bond motifs is 1. The second kappa shape index (κ2) is 8.33. The van der Waals surface area contributed by atoms with Crippen LogP contribution in [0.5, 0.6) is 0 Å². The van der Waals surface area contributed by atoms with Gasteiger partial charge < -0.3 is 10.1 Å². The molecule has 1 aliphatic carbocycles. The Morgan fingerprint density at radius 2 is 1.83 bits per heavy atom. The molecule has 154 valence electrons. The van der Waals surface area contributed by atoms with Crippen LogP contribution in [0.2, 0.25) is 0 Å². The third-order valence-electron chi connectivity index (χ3n) is 5.02. The molecule has 2 atom stereocenters. The largest absolute Gasteiger partial charge is 0.454 e. The smallest absolute Gasteiger partial charge is 0.326 e. The zero-order valence-corrected chi connectivity index (χ0v) is 15.3. The number of esters is 1. The van der Waals surface area contributed by atoms with Crippen molar-refractivity contribution in [1.82, 2.24) is 4.90 Å². The van der Waals surface area contributed by atoms with Crippen LogP contribution < -0.4 is 5.32 Å². The highest BCUT2D eigenvalue weighted by Gasteiger charge is 2.48. The predicted molar refractivity (Wildman–Crippen MR) is 94.8 cm³/mol. The fourth-order valence-corrected chi connectivity index (χ4v) is 3.62. The third-order valence-corrected chi connectivity index (χ3v) is 5.02. The highest BCUT2D eigenvalue weighted by Crippen LogP contribution is 2.37. The lowest BCUT2D eigenvalue weighted by atomic mass is 9.81. The summed E-state index contributed by atoms with van der Waals surface area (Å²) in [5, 5.41) is 12.8. The number of amides is 3. The molecule has 0 spiro atoms. The van der Waals surface area contributed by atoms with E-state index in [0.717, 1.165) is 35.9 Å². The van der Waals surface area contributed by atoms with Crippen LogP contribution in [0.3, 0.4) is 0 Å². The first-order valence-corrected chi connectivity index (χ1v) is 9.02. The summed E-state index contributed by atoms with van der Waals surface area (Å²) >= 11 is 0. The van der Waals surface area contributed by atoms with Crippen molar-refractivity contribution in [2.45, 2.75) is 25.7 Å². The summed E-state index contributed by atoms with van der Waals surface area (Å²) in [5.41, 5.74) is -0.861. The van der Waals surface area contributed by atoms with E-state index in [1.807, 2.05) is 0 Å². The number of likely N-dealkylation sites (tertiary alicyclic amines) is 1. The Balaban J connectivity index is 1.52. The van der Waals surface area contributed by atoms with E-state index in [1.54, 1.807) is 0 Å². The van der Waals surface area contributed by atoms with Gasteiger partial charge in [-0.3, -0.25) is 34.2 Å². The number of ether oxygens (including phenoxy) is 1. The molecule has 1 saturated heterocycles. The molecule has 2 aliphatic rings. The van der Waals surface area contributed by atoms with Crippen molar-refractivity contribution in [3.05, 3.63) is 34.1 Å². The minimum absolute atomic E-state index is 0.399. The Morgan fingerprint density at radius 1 is 1.21 bits per heavy atom. The fraction of sp³-hybridized carbons (Fsp3) is 0.444. The number of hydrogen-bond acceptors (Lipinski definition) is 7. The van der Waals surface area contributed by atoms with E-state index >= 15 is 0 Å². The van der Waals surface area contributed by atoms with Gasteiger partial charge in [-0.05, 0) is 18.9 Å². The fourth-order valence-electron chi connectivity index (χ4n) is 3.62. The molecule has 0 bridgehead atoms. The molecule has 1 N–H and O–H groups in total. The molecule has 1 heterocycles. The number of anilines is 1. The first kappa shape index (κ1) is 20.4. The van der Waals surface area contributed by atoms with Crippen LogP contribution in [0.1, 0.15) is 25.7 Å². The monoisotopic (exact) mass is 407 g/mol. The van der Waals surface area contributed by atoms with Gasteiger partial charge in [-0.25, -0.2) is 4.39 Å². The molecule has 11 heteroatoms. The van der Waals surface area contributed by atoms with Crippen LogP contribution in [0, 0.1) is 27.8 Å². The van der Waals surface area contributed by atoms with Crippen LogP contribution in [0.15, 0.2) is 18.2 Å². The Bertz CT molecular complexity index is 864. The first-order chi connectivity index (χ1) is 13.8. The van der Waals surface area contributed by atoms with E-state index in [4.69, 9.17) is 4.74 Å². The topological polar surface area (TPSA) is 136 Å². The number of nitrogens with one attached hydrogen (secondary N) is 1. The number of hydrogen-bond donors (Lipinski definition) is 1. The van der Waals surface area contributed by atoms with Gasteiger partial charge in [-0.1, -0.05) is 12.8 Å². The van der Waals surface area contributed by atoms with Crippen molar-refractivity contribution in [3.63, 3.8) is 0 Å². The maximum absolute atomic E-state index is 13.7. The molecule has 0 unspecified atom stereocenters. The number of benzene rings is 1. The standard InChI is InChI=1S/C18H18FN3O7/c19-13-6-5-10(22(27)28)7-14(13)20-15(23)9-29-16(24)8-21-17(25)11-3-1-2-4-12(11)18(21)26/h5-7,11-12H,1-4,8-9H2,(H,20,23)/t11-,12+. The molecule has 1 aliphatic heterocycles. The molecule has 0 aromatic heterocycles. The van der Waals surface area contributed by atoms with Crippen molar-refractivity contribution in [3.8, 4) is 0 Å². The van der Waals surface area contributed by atoms with Crippen LogP contribution in [-0.4, -0.2) is 46.7 Å². The minimum atomic E-state index is -0.958. The molecule has 0 radical (unpaired) electrons. The molecule has 3 amide bonds. The normalized spacial score (nSPS) is 20.9. The molecule has 3 rings (SSSR count). The van der Waals surface area contributed by atoms with E-state index in [1.165, 1.54) is 0 Å². The Labute approximate surface area is 164 Å². The van der Waals surface area contributed by atoms with Crippen molar-refractivity contribution >= 4 is 35.1 Å². The lowest BCUT2D eigenvalue weighted by Crippen LogP contribution is -2.37. The lowest BCUT2D eigenvalue weighted by molar-refractivity contribution is -0.384. The number of nitro benzene ring substituents is 1. The summed E-state index contributed by atoms with van der Waals surface area (Å²) in [6.07, 6.45) is 2.93. The number of carbonyl (C=O) groups is 4. The molecule has 1 aromatic carbocycles. The number of carbonyl (C=O) groups excluding carboxylic acids is 4. The van der Waals surface area contributed by atoms with E-state index in [-0.39, 0.29) is 0 Å². The van der Waals surface area contributed by atoms with E-state index in [2.05, 4.69) is 5.32 Å². The third kappa shape index (κ3) is 4.39. The summed E-state index contributed by atoms with van der Waals surface area (Å²) in [7, 11) is 0. The molecule has 2 fully saturated rings. The number of halogens is 1.